The molecule has 1 aromatic carbocycles. The van der Waals surface area contributed by atoms with E-state index in [9.17, 15) is 4.79 Å². The number of hydrogen-bond donors (Lipinski definition) is 2. The van der Waals surface area contributed by atoms with Crippen LogP contribution >= 0.6 is 11.3 Å². The van der Waals surface area contributed by atoms with Crippen molar-refractivity contribution in [1.29, 1.82) is 0 Å². The smallest absolute Gasteiger partial charge is 0.277 e. The predicted molar refractivity (Wildman–Crippen MR) is 83.4 cm³/mol. The summed E-state index contributed by atoms with van der Waals surface area (Å²) in [7, 11) is 0. The second-order valence-corrected chi connectivity index (χ2v) is 6.09. The van der Waals surface area contributed by atoms with Gasteiger partial charge in [-0.3, -0.25) is 10.2 Å². The van der Waals surface area contributed by atoms with Crippen LogP contribution < -0.4 is 16.0 Å². The number of amides is 1. The van der Waals surface area contributed by atoms with E-state index in [1.165, 1.54) is 11.3 Å². The Labute approximate surface area is 128 Å². The van der Waals surface area contributed by atoms with Gasteiger partial charge in [-0.05, 0) is 24.5 Å². The Bertz CT molecular complexity index is 638. The molecule has 0 fully saturated rings. The van der Waals surface area contributed by atoms with Gasteiger partial charge in [-0.2, -0.15) is 0 Å². The summed E-state index contributed by atoms with van der Waals surface area (Å²) >= 11 is 1.32. The Balaban J connectivity index is 2.18. The average molecular weight is 305 g/mol. The fourth-order valence-electron chi connectivity index (χ4n) is 1.92. The van der Waals surface area contributed by atoms with Gasteiger partial charge in [-0.1, -0.05) is 32.0 Å². The highest BCUT2D eigenvalue weighted by molar-refractivity contribution is 7.13. The molecule has 0 saturated heterocycles. The van der Waals surface area contributed by atoms with E-state index in [1.807, 2.05) is 45.0 Å². The lowest BCUT2D eigenvalue weighted by Gasteiger charge is -2.06. The number of para-hydroxylation sites is 1. The van der Waals surface area contributed by atoms with E-state index in [1.54, 1.807) is 0 Å². The summed E-state index contributed by atoms with van der Waals surface area (Å²) in [4.78, 5) is 16.8. The van der Waals surface area contributed by atoms with E-state index >= 15 is 0 Å². The van der Waals surface area contributed by atoms with E-state index in [0.717, 1.165) is 22.0 Å². The highest BCUT2D eigenvalue weighted by Gasteiger charge is 2.19. The number of nitrogens with one attached hydrogen (secondary N) is 1. The molecule has 1 aromatic heterocycles. The number of hydrazine groups is 1. The van der Waals surface area contributed by atoms with Crippen LogP contribution in [0, 0.1) is 6.92 Å². The highest BCUT2D eigenvalue weighted by atomic mass is 32.1. The molecule has 5 nitrogen and oxygen atoms in total. The third-order valence-corrected chi connectivity index (χ3v) is 4.07. The Morgan fingerprint density at radius 1 is 1.43 bits per heavy atom. The zero-order valence-electron chi connectivity index (χ0n) is 12.3. The van der Waals surface area contributed by atoms with Crippen molar-refractivity contribution in [3.05, 3.63) is 45.4 Å². The van der Waals surface area contributed by atoms with Crippen LogP contribution in [0.1, 0.15) is 45.7 Å². The number of ether oxygens (including phenoxy) is 1. The van der Waals surface area contributed by atoms with Crippen LogP contribution in [0.4, 0.5) is 0 Å². The molecule has 0 saturated carbocycles. The van der Waals surface area contributed by atoms with Crippen LogP contribution in [-0.4, -0.2) is 10.9 Å². The maximum absolute atomic E-state index is 11.8. The van der Waals surface area contributed by atoms with Gasteiger partial charge < -0.3 is 4.74 Å². The molecule has 0 atom stereocenters. The van der Waals surface area contributed by atoms with E-state index in [0.29, 0.717) is 11.5 Å². The lowest BCUT2D eigenvalue weighted by atomic mass is 10.1. The first-order valence-corrected chi connectivity index (χ1v) is 7.53. The van der Waals surface area contributed by atoms with Crippen molar-refractivity contribution >= 4 is 17.2 Å². The third-order valence-electron chi connectivity index (χ3n) is 3.03. The number of aromatic nitrogens is 1. The average Bonchev–Trinajstić information content (AvgIpc) is 2.90. The van der Waals surface area contributed by atoms with Gasteiger partial charge in [0.15, 0.2) is 0 Å². The van der Waals surface area contributed by atoms with E-state index < -0.39 is 0 Å². The van der Waals surface area contributed by atoms with Crippen molar-refractivity contribution in [2.24, 2.45) is 5.84 Å². The van der Waals surface area contributed by atoms with Crippen molar-refractivity contribution in [2.75, 3.05) is 0 Å². The zero-order chi connectivity index (χ0) is 15.4. The summed E-state index contributed by atoms with van der Waals surface area (Å²) in [6, 6.07) is 7.80. The molecule has 0 aliphatic heterocycles. The van der Waals surface area contributed by atoms with Crippen LogP contribution in [0.2, 0.25) is 0 Å². The minimum atomic E-state index is -0.307. The molecule has 0 spiro atoms. The molecule has 3 N–H and O–H groups in total. The maximum Gasteiger partial charge on any atom is 0.277 e. The van der Waals surface area contributed by atoms with E-state index in [-0.39, 0.29) is 11.8 Å². The third kappa shape index (κ3) is 3.59. The van der Waals surface area contributed by atoms with Gasteiger partial charge in [-0.25, -0.2) is 10.8 Å². The summed E-state index contributed by atoms with van der Waals surface area (Å²) in [5, 5.41) is 0.764. The summed E-state index contributed by atoms with van der Waals surface area (Å²) in [5.41, 5.74) is 3.99. The number of thiazole rings is 1. The Kier molecular flexibility index (Phi) is 4.93. The van der Waals surface area contributed by atoms with Crippen molar-refractivity contribution in [3.63, 3.8) is 0 Å². The fourth-order valence-corrected chi connectivity index (χ4v) is 2.95. The molecule has 1 heterocycles. The van der Waals surface area contributed by atoms with Gasteiger partial charge in [-0.15, -0.1) is 11.3 Å². The molecular formula is C15H19N3O2S. The molecule has 112 valence electrons. The van der Waals surface area contributed by atoms with Crippen molar-refractivity contribution in [2.45, 2.75) is 33.3 Å². The predicted octanol–water partition coefficient (Wildman–Crippen LogP) is 2.76. The lowest BCUT2D eigenvalue weighted by molar-refractivity contribution is 0.0956. The standard InChI is InChI=1S/C15H19N3O2S/c1-9(2)13-14(15(19)18-16)21-12(17-13)8-20-11-7-5-4-6-10(11)3/h4-7,9H,8,16H2,1-3H3,(H,18,19). The normalized spacial score (nSPS) is 10.7. The highest BCUT2D eigenvalue weighted by Crippen LogP contribution is 2.26. The van der Waals surface area contributed by atoms with Gasteiger partial charge in [0, 0.05) is 0 Å². The van der Waals surface area contributed by atoms with Crippen molar-refractivity contribution in [3.8, 4) is 5.75 Å². The number of benzene rings is 1. The Hall–Kier alpha value is -1.92. The first-order chi connectivity index (χ1) is 10.0. The van der Waals surface area contributed by atoms with Gasteiger partial charge in [0.05, 0.1) is 5.69 Å². The number of aryl methyl sites for hydroxylation is 1. The quantitative estimate of drug-likeness (QED) is 0.506. The molecule has 0 bridgehead atoms. The van der Waals surface area contributed by atoms with Crippen LogP contribution in [-0.2, 0) is 6.61 Å². The monoisotopic (exact) mass is 305 g/mol. The molecule has 0 aliphatic rings. The second-order valence-electron chi connectivity index (χ2n) is 5.00. The molecule has 21 heavy (non-hydrogen) atoms. The Morgan fingerprint density at radius 2 is 2.14 bits per heavy atom. The van der Waals surface area contributed by atoms with Gasteiger partial charge in [0.25, 0.3) is 5.91 Å². The van der Waals surface area contributed by atoms with Crippen LogP contribution in [0.15, 0.2) is 24.3 Å². The van der Waals surface area contributed by atoms with Crippen LogP contribution in [0.25, 0.3) is 0 Å². The Morgan fingerprint density at radius 3 is 2.76 bits per heavy atom. The minimum Gasteiger partial charge on any atom is -0.486 e. The lowest BCUT2D eigenvalue weighted by Crippen LogP contribution is -2.30. The number of nitrogen functional groups attached to an aromatic ring is 1. The van der Waals surface area contributed by atoms with E-state index in [2.05, 4.69) is 10.4 Å². The number of carbonyl (C=O) groups excluding carboxylic acids is 1. The largest absolute Gasteiger partial charge is 0.486 e. The zero-order valence-corrected chi connectivity index (χ0v) is 13.2. The molecule has 0 radical (unpaired) electrons. The first-order valence-electron chi connectivity index (χ1n) is 6.72. The molecule has 2 rings (SSSR count). The molecule has 1 amide bonds. The summed E-state index contributed by atoms with van der Waals surface area (Å²) in [6.07, 6.45) is 0. The first kappa shape index (κ1) is 15.5. The van der Waals surface area contributed by atoms with Gasteiger partial charge in [0.2, 0.25) is 0 Å². The van der Waals surface area contributed by atoms with Crippen molar-refractivity contribution < 1.29 is 9.53 Å². The van der Waals surface area contributed by atoms with Crippen LogP contribution in [0.3, 0.4) is 0 Å². The fraction of sp³-hybridized carbons (Fsp3) is 0.333. The molecule has 6 heteroatoms. The minimum absolute atomic E-state index is 0.153. The molecule has 0 unspecified atom stereocenters. The van der Waals surface area contributed by atoms with Gasteiger partial charge in [0.1, 0.15) is 22.2 Å². The molecular weight excluding hydrogens is 286 g/mol. The number of rotatable bonds is 5. The van der Waals surface area contributed by atoms with Crippen LogP contribution in [0.5, 0.6) is 5.75 Å². The number of nitrogens with two attached hydrogens (primary N) is 1. The van der Waals surface area contributed by atoms with Crippen molar-refractivity contribution in [1.82, 2.24) is 10.4 Å². The molecule has 2 aromatic rings. The summed E-state index contributed by atoms with van der Waals surface area (Å²) < 4.78 is 5.77. The second kappa shape index (κ2) is 6.69. The summed E-state index contributed by atoms with van der Waals surface area (Å²) in [5.74, 6) is 5.88. The van der Waals surface area contributed by atoms with E-state index in [4.69, 9.17) is 10.6 Å². The summed E-state index contributed by atoms with van der Waals surface area (Å²) in [6.45, 7) is 6.32. The maximum atomic E-state index is 11.8. The number of hydrogen-bond acceptors (Lipinski definition) is 5. The number of carbonyl (C=O) groups is 1. The molecule has 0 aliphatic carbocycles. The number of nitrogens with zero attached hydrogens (tertiary/aromatic N) is 1. The SMILES string of the molecule is Cc1ccccc1OCc1nc(C(C)C)c(C(=O)NN)s1. The van der Waals surface area contributed by atoms with Gasteiger partial charge >= 0.3 is 0 Å². The topological polar surface area (TPSA) is 77.2 Å².